The summed E-state index contributed by atoms with van der Waals surface area (Å²) in [5, 5.41) is 14.8. The molecule has 0 saturated carbocycles. The highest BCUT2D eigenvalue weighted by molar-refractivity contribution is 6.36. The van der Waals surface area contributed by atoms with Crippen molar-refractivity contribution in [3.05, 3.63) is 94.5 Å². The summed E-state index contributed by atoms with van der Waals surface area (Å²) in [6.45, 7) is 0. The highest BCUT2D eigenvalue weighted by Crippen LogP contribution is 2.30. The molecule has 5 nitrogen and oxygen atoms in total. The number of nitrogens with one attached hydrogen (secondary N) is 1. The Kier molecular flexibility index (Phi) is 5.93. The van der Waals surface area contributed by atoms with Crippen molar-refractivity contribution in [2.45, 2.75) is 0 Å². The first kappa shape index (κ1) is 19.9. The lowest BCUT2D eigenvalue weighted by Crippen LogP contribution is -2.00. The third-order valence-corrected chi connectivity index (χ3v) is 4.80. The van der Waals surface area contributed by atoms with Crippen molar-refractivity contribution in [3.63, 3.8) is 0 Å². The van der Waals surface area contributed by atoms with Crippen molar-refractivity contribution in [1.29, 1.82) is 0 Å². The number of hydrogen-bond donors (Lipinski definition) is 2. The molecule has 0 unspecified atom stereocenters. The standard InChI is InChI=1S/C23H16Cl2N4O/c24-18-11-17(22(30)19(25)12-18)14-26-29-23-27-20(15-7-3-1-4-8-15)13-21(28-23)16-9-5-2-6-10-16/h1-14,30H,(H,27,28,29). The minimum atomic E-state index is -0.101. The Morgan fingerprint density at radius 2 is 1.37 bits per heavy atom. The van der Waals surface area contributed by atoms with Gasteiger partial charge in [-0.1, -0.05) is 83.9 Å². The molecule has 2 N–H and O–H groups in total. The lowest BCUT2D eigenvalue weighted by Gasteiger charge is -2.08. The topological polar surface area (TPSA) is 70.4 Å². The zero-order valence-electron chi connectivity index (χ0n) is 15.6. The van der Waals surface area contributed by atoms with Gasteiger partial charge in [-0.2, -0.15) is 5.10 Å². The molecule has 0 fully saturated rings. The third-order valence-electron chi connectivity index (χ3n) is 4.29. The molecule has 0 spiro atoms. The summed E-state index contributed by atoms with van der Waals surface area (Å²) in [7, 11) is 0. The van der Waals surface area contributed by atoms with Crippen molar-refractivity contribution in [2.75, 3.05) is 5.43 Å². The summed E-state index contributed by atoms with van der Waals surface area (Å²) in [4.78, 5) is 9.13. The summed E-state index contributed by atoms with van der Waals surface area (Å²) < 4.78 is 0. The van der Waals surface area contributed by atoms with Crippen LogP contribution >= 0.6 is 23.2 Å². The molecular formula is C23H16Cl2N4O. The number of nitrogens with zero attached hydrogens (tertiary/aromatic N) is 3. The molecular weight excluding hydrogens is 419 g/mol. The zero-order valence-corrected chi connectivity index (χ0v) is 17.1. The molecule has 0 aliphatic rings. The average Bonchev–Trinajstić information content (AvgIpc) is 2.78. The fraction of sp³-hybridized carbons (Fsp3) is 0. The molecule has 3 aromatic carbocycles. The lowest BCUT2D eigenvalue weighted by molar-refractivity contribution is 0.475. The van der Waals surface area contributed by atoms with Crippen LogP contribution in [-0.4, -0.2) is 21.3 Å². The van der Waals surface area contributed by atoms with Gasteiger partial charge in [-0.05, 0) is 18.2 Å². The van der Waals surface area contributed by atoms with Crippen LogP contribution < -0.4 is 5.43 Å². The molecule has 148 valence electrons. The zero-order chi connectivity index (χ0) is 20.9. The van der Waals surface area contributed by atoms with E-state index in [0.717, 1.165) is 22.5 Å². The molecule has 4 aromatic rings. The molecule has 30 heavy (non-hydrogen) atoms. The second kappa shape index (κ2) is 8.95. The van der Waals surface area contributed by atoms with Gasteiger partial charge in [0.1, 0.15) is 5.75 Å². The fourth-order valence-electron chi connectivity index (χ4n) is 2.85. The predicted molar refractivity (Wildman–Crippen MR) is 122 cm³/mol. The molecule has 0 bridgehead atoms. The van der Waals surface area contributed by atoms with Gasteiger partial charge in [-0.15, -0.1) is 0 Å². The minimum Gasteiger partial charge on any atom is -0.506 e. The summed E-state index contributed by atoms with van der Waals surface area (Å²) in [5.74, 6) is 0.217. The molecule has 1 aromatic heterocycles. The number of anilines is 1. The van der Waals surface area contributed by atoms with Crippen LogP contribution in [0.5, 0.6) is 5.75 Å². The van der Waals surface area contributed by atoms with Crippen LogP contribution in [0, 0.1) is 0 Å². The van der Waals surface area contributed by atoms with Crippen molar-refractivity contribution in [3.8, 4) is 28.3 Å². The Balaban J connectivity index is 1.69. The molecule has 0 aliphatic carbocycles. The van der Waals surface area contributed by atoms with Crippen molar-refractivity contribution < 1.29 is 5.11 Å². The van der Waals surface area contributed by atoms with E-state index in [4.69, 9.17) is 23.2 Å². The highest BCUT2D eigenvalue weighted by atomic mass is 35.5. The Morgan fingerprint density at radius 3 is 1.93 bits per heavy atom. The van der Waals surface area contributed by atoms with Crippen LogP contribution in [0.3, 0.4) is 0 Å². The van der Waals surface area contributed by atoms with E-state index in [1.54, 1.807) is 6.07 Å². The van der Waals surface area contributed by atoms with Crippen LogP contribution in [0.2, 0.25) is 10.0 Å². The minimum absolute atomic E-state index is 0.101. The van der Waals surface area contributed by atoms with Gasteiger partial charge in [0.15, 0.2) is 0 Å². The monoisotopic (exact) mass is 434 g/mol. The lowest BCUT2D eigenvalue weighted by atomic mass is 10.1. The van der Waals surface area contributed by atoms with Gasteiger partial charge in [0, 0.05) is 21.7 Å². The van der Waals surface area contributed by atoms with Crippen LogP contribution in [0.4, 0.5) is 5.95 Å². The van der Waals surface area contributed by atoms with Crippen molar-refractivity contribution in [1.82, 2.24) is 9.97 Å². The normalized spacial score (nSPS) is 11.0. The van der Waals surface area contributed by atoms with E-state index in [2.05, 4.69) is 20.5 Å². The Bertz CT molecular complexity index is 1140. The van der Waals surface area contributed by atoms with Gasteiger partial charge in [-0.3, -0.25) is 0 Å². The number of benzene rings is 3. The van der Waals surface area contributed by atoms with Gasteiger partial charge in [0.2, 0.25) is 5.95 Å². The maximum absolute atomic E-state index is 10.1. The number of halogens is 2. The predicted octanol–water partition coefficient (Wildman–Crippen LogP) is 6.27. The van der Waals surface area contributed by atoms with Crippen molar-refractivity contribution >= 4 is 35.4 Å². The molecule has 0 saturated heterocycles. The maximum atomic E-state index is 10.1. The van der Waals surface area contributed by atoms with Crippen LogP contribution in [0.15, 0.2) is 84.0 Å². The largest absolute Gasteiger partial charge is 0.506 e. The third kappa shape index (κ3) is 4.59. The fourth-order valence-corrected chi connectivity index (χ4v) is 3.36. The first-order valence-corrected chi connectivity index (χ1v) is 9.83. The first-order valence-electron chi connectivity index (χ1n) is 9.07. The summed E-state index contributed by atoms with van der Waals surface area (Å²) in [6, 6.07) is 24.6. The van der Waals surface area contributed by atoms with Crippen molar-refractivity contribution in [2.24, 2.45) is 5.10 Å². The number of phenols is 1. The SMILES string of the molecule is Oc1c(Cl)cc(Cl)cc1C=NNc1nc(-c2ccccc2)cc(-c2ccccc2)n1. The van der Waals surface area contributed by atoms with E-state index in [9.17, 15) is 5.11 Å². The quantitative estimate of drug-likeness (QED) is 0.286. The molecule has 0 radical (unpaired) electrons. The average molecular weight is 435 g/mol. The number of hydrogen-bond acceptors (Lipinski definition) is 5. The smallest absolute Gasteiger partial charge is 0.244 e. The van der Waals surface area contributed by atoms with E-state index < -0.39 is 0 Å². The Morgan fingerprint density at radius 1 is 0.800 bits per heavy atom. The first-order chi connectivity index (χ1) is 14.6. The number of phenolic OH excluding ortho intramolecular Hbond substituents is 1. The van der Waals surface area contributed by atoms with E-state index in [0.29, 0.717) is 16.5 Å². The van der Waals surface area contributed by atoms with Gasteiger partial charge in [-0.25, -0.2) is 15.4 Å². The van der Waals surface area contributed by atoms with E-state index in [-0.39, 0.29) is 10.8 Å². The Labute approximate surface area is 183 Å². The second-order valence-electron chi connectivity index (χ2n) is 6.39. The van der Waals surface area contributed by atoms with Crippen LogP contribution in [0.1, 0.15) is 5.56 Å². The van der Waals surface area contributed by atoms with Crippen LogP contribution in [-0.2, 0) is 0 Å². The summed E-state index contributed by atoms with van der Waals surface area (Å²) in [6.07, 6.45) is 1.41. The van der Waals surface area contributed by atoms with Gasteiger partial charge >= 0.3 is 0 Å². The summed E-state index contributed by atoms with van der Waals surface area (Å²) in [5.41, 5.74) is 6.65. The molecule has 1 heterocycles. The molecule has 7 heteroatoms. The number of aromatic nitrogens is 2. The molecule has 4 rings (SSSR count). The van der Waals surface area contributed by atoms with Crippen LogP contribution in [0.25, 0.3) is 22.5 Å². The molecule has 0 aliphatic heterocycles. The second-order valence-corrected chi connectivity index (χ2v) is 7.23. The Hall–Kier alpha value is -3.41. The van der Waals surface area contributed by atoms with Gasteiger partial charge in [0.25, 0.3) is 0 Å². The molecule has 0 atom stereocenters. The number of hydrazone groups is 1. The van der Waals surface area contributed by atoms with E-state index in [1.807, 2.05) is 66.7 Å². The number of aromatic hydroxyl groups is 1. The highest BCUT2D eigenvalue weighted by Gasteiger charge is 2.09. The van der Waals surface area contributed by atoms with Gasteiger partial charge in [0.05, 0.1) is 22.6 Å². The summed E-state index contributed by atoms with van der Waals surface area (Å²) >= 11 is 11.9. The maximum Gasteiger partial charge on any atom is 0.244 e. The molecule has 0 amide bonds. The van der Waals surface area contributed by atoms with Gasteiger partial charge < -0.3 is 5.11 Å². The number of rotatable bonds is 5. The van der Waals surface area contributed by atoms with E-state index in [1.165, 1.54) is 12.3 Å². The van der Waals surface area contributed by atoms with E-state index >= 15 is 0 Å².